The summed E-state index contributed by atoms with van der Waals surface area (Å²) >= 11 is 0. The number of rotatable bonds is 6. The third-order valence-corrected chi connectivity index (χ3v) is 4.85. The molecule has 0 aromatic rings. The van der Waals surface area contributed by atoms with Gasteiger partial charge in [-0.1, -0.05) is 25.7 Å². The Morgan fingerprint density at radius 1 is 1.16 bits per heavy atom. The minimum absolute atomic E-state index is 0.00251. The van der Waals surface area contributed by atoms with Gasteiger partial charge in [0.25, 0.3) is 10.1 Å². The SMILES string of the molecule is O=S(=O)(O)CCCCC1(C2=NCN=N2)CCCCC1. The molecular formula is C12H21N3O3S. The Balaban J connectivity index is 1.93. The van der Waals surface area contributed by atoms with Crippen molar-refractivity contribution in [2.24, 2.45) is 20.6 Å². The number of hydrogen-bond donors (Lipinski definition) is 1. The first kappa shape index (κ1) is 14.6. The molecule has 1 heterocycles. The van der Waals surface area contributed by atoms with Crippen molar-refractivity contribution in [3.63, 3.8) is 0 Å². The topological polar surface area (TPSA) is 91.5 Å². The predicted molar refractivity (Wildman–Crippen MR) is 72.9 cm³/mol. The molecule has 0 atom stereocenters. The maximum absolute atomic E-state index is 10.7. The van der Waals surface area contributed by atoms with Crippen molar-refractivity contribution in [1.82, 2.24) is 0 Å². The zero-order valence-corrected chi connectivity index (χ0v) is 11.9. The van der Waals surface area contributed by atoms with Gasteiger partial charge in [0.1, 0.15) is 0 Å². The number of azo groups is 1. The number of amidine groups is 1. The molecule has 2 rings (SSSR count). The summed E-state index contributed by atoms with van der Waals surface area (Å²) in [5.74, 6) is 0.705. The summed E-state index contributed by atoms with van der Waals surface area (Å²) in [5, 5.41) is 8.10. The standard InChI is InChI=1S/C12H21N3O3S/c16-19(17,18)9-5-4-8-12(6-2-1-3-7-12)11-13-10-14-15-11/h1-10H2,(H,16,17,18). The summed E-state index contributed by atoms with van der Waals surface area (Å²) in [7, 11) is -3.84. The fourth-order valence-corrected chi connectivity index (χ4v) is 3.63. The normalized spacial score (nSPS) is 22.5. The van der Waals surface area contributed by atoms with E-state index in [2.05, 4.69) is 15.2 Å². The molecule has 0 unspecified atom stereocenters. The van der Waals surface area contributed by atoms with Crippen LogP contribution >= 0.6 is 0 Å². The number of unbranched alkanes of at least 4 members (excludes halogenated alkanes) is 1. The highest BCUT2D eigenvalue weighted by Gasteiger charge is 2.38. The van der Waals surface area contributed by atoms with Gasteiger partial charge >= 0.3 is 0 Å². The molecule has 108 valence electrons. The lowest BCUT2D eigenvalue weighted by Crippen LogP contribution is -2.32. The molecule has 1 N–H and O–H groups in total. The predicted octanol–water partition coefficient (Wildman–Crippen LogP) is 2.82. The molecule has 7 heteroatoms. The van der Waals surface area contributed by atoms with E-state index in [0.717, 1.165) is 31.5 Å². The van der Waals surface area contributed by atoms with Crippen LogP contribution in [0.15, 0.2) is 15.2 Å². The third kappa shape index (κ3) is 4.07. The molecule has 1 aliphatic carbocycles. The van der Waals surface area contributed by atoms with Crippen molar-refractivity contribution in [3.8, 4) is 0 Å². The van der Waals surface area contributed by atoms with Crippen molar-refractivity contribution in [1.29, 1.82) is 0 Å². The number of aliphatic imine (C=N–C) groups is 1. The van der Waals surface area contributed by atoms with Crippen molar-refractivity contribution in [2.75, 3.05) is 12.4 Å². The highest BCUT2D eigenvalue weighted by atomic mass is 32.2. The van der Waals surface area contributed by atoms with Crippen LogP contribution in [-0.4, -0.2) is 31.2 Å². The molecule has 2 aliphatic rings. The molecule has 1 saturated carbocycles. The van der Waals surface area contributed by atoms with Crippen molar-refractivity contribution < 1.29 is 13.0 Å². The van der Waals surface area contributed by atoms with Gasteiger partial charge in [-0.2, -0.15) is 13.5 Å². The van der Waals surface area contributed by atoms with Crippen LogP contribution in [0.5, 0.6) is 0 Å². The highest BCUT2D eigenvalue weighted by molar-refractivity contribution is 7.85. The van der Waals surface area contributed by atoms with E-state index in [1.54, 1.807) is 0 Å². The molecule has 0 amide bonds. The van der Waals surface area contributed by atoms with Crippen LogP contribution in [0.1, 0.15) is 51.4 Å². The Labute approximate surface area is 114 Å². The van der Waals surface area contributed by atoms with E-state index >= 15 is 0 Å². The van der Waals surface area contributed by atoms with E-state index in [0.29, 0.717) is 13.1 Å². The lowest BCUT2D eigenvalue weighted by Gasteiger charge is -2.35. The summed E-state index contributed by atoms with van der Waals surface area (Å²) in [6.45, 7) is 0.433. The molecule has 0 aromatic carbocycles. The van der Waals surface area contributed by atoms with Crippen LogP contribution in [-0.2, 0) is 10.1 Å². The summed E-state index contributed by atoms with van der Waals surface area (Å²) in [5.41, 5.74) is -0.00251. The van der Waals surface area contributed by atoms with Crippen molar-refractivity contribution in [2.45, 2.75) is 51.4 Å². The average molecular weight is 287 g/mol. The second-order valence-corrected chi connectivity index (χ2v) is 7.02. The van der Waals surface area contributed by atoms with Crippen LogP contribution in [0, 0.1) is 5.41 Å². The van der Waals surface area contributed by atoms with Crippen LogP contribution in [0.2, 0.25) is 0 Å². The zero-order valence-electron chi connectivity index (χ0n) is 11.1. The lowest BCUT2D eigenvalue weighted by atomic mass is 9.70. The van der Waals surface area contributed by atoms with E-state index in [1.165, 1.54) is 19.3 Å². The molecule has 0 saturated heterocycles. The van der Waals surface area contributed by atoms with Gasteiger partial charge in [-0.3, -0.25) is 4.55 Å². The van der Waals surface area contributed by atoms with Crippen molar-refractivity contribution >= 4 is 16.0 Å². The van der Waals surface area contributed by atoms with Crippen LogP contribution in [0.4, 0.5) is 0 Å². The van der Waals surface area contributed by atoms with Gasteiger partial charge in [0, 0.05) is 5.41 Å². The maximum Gasteiger partial charge on any atom is 0.264 e. The smallest absolute Gasteiger partial charge is 0.264 e. The van der Waals surface area contributed by atoms with Gasteiger partial charge < -0.3 is 0 Å². The van der Waals surface area contributed by atoms with Gasteiger partial charge in [-0.05, 0) is 25.7 Å². The largest absolute Gasteiger partial charge is 0.286 e. The third-order valence-electron chi connectivity index (χ3n) is 4.04. The maximum atomic E-state index is 10.7. The second kappa shape index (κ2) is 6.09. The van der Waals surface area contributed by atoms with Gasteiger partial charge in [0.05, 0.1) is 5.75 Å². The van der Waals surface area contributed by atoms with Crippen LogP contribution < -0.4 is 0 Å². The highest BCUT2D eigenvalue weighted by Crippen LogP contribution is 2.43. The average Bonchev–Trinajstić information content (AvgIpc) is 2.89. The molecule has 6 nitrogen and oxygen atoms in total. The Bertz CT molecular complexity index is 465. The van der Waals surface area contributed by atoms with Crippen molar-refractivity contribution in [3.05, 3.63) is 0 Å². The fourth-order valence-electron chi connectivity index (χ4n) is 3.06. The van der Waals surface area contributed by atoms with E-state index in [9.17, 15) is 8.42 Å². The van der Waals surface area contributed by atoms with E-state index in [-0.39, 0.29) is 11.2 Å². The van der Waals surface area contributed by atoms with E-state index in [1.807, 2.05) is 0 Å². The molecular weight excluding hydrogens is 266 g/mol. The first-order chi connectivity index (χ1) is 9.02. The quantitative estimate of drug-likeness (QED) is 0.601. The molecule has 19 heavy (non-hydrogen) atoms. The first-order valence-electron chi connectivity index (χ1n) is 6.89. The lowest BCUT2D eigenvalue weighted by molar-refractivity contribution is 0.257. The molecule has 1 aliphatic heterocycles. The minimum Gasteiger partial charge on any atom is -0.286 e. The summed E-state index contributed by atoms with van der Waals surface area (Å²) in [4.78, 5) is 4.37. The first-order valence-corrected chi connectivity index (χ1v) is 8.50. The Morgan fingerprint density at radius 2 is 1.89 bits per heavy atom. The monoisotopic (exact) mass is 287 g/mol. The van der Waals surface area contributed by atoms with Crippen LogP contribution in [0.25, 0.3) is 0 Å². The number of hydrogen-bond acceptors (Lipinski definition) is 5. The molecule has 0 spiro atoms. The van der Waals surface area contributed by atoms with Crippen LogP contribution in [0.3, 0.4) is 0 Å². The minimum atomic E-state index is -3.84. The van der Waals surface area contributed by atoms with E-state index < -0.39 is 10.1 Å². The van der Waals surface area contributed by atoms with Gasteiger partial charge in [-0.25, -0.2) is 4.99 Å². The van der Waals surface area contributed by atoms with Gasteiger partial charge in [-0.15, -0.1) is 5.11 Å². The molecule has 0 aromatic heterocycles. The summed E-state index contributed by atoms with van der Waals surface area (Å²) in [6.07, 6.45) is 7.88. The molecule has 0 bridgehead atoms. The van der Waals surface area contributed by atoms with Gasteiger partial charge in [0.15, 0.2) is 12.5 Å². The van der Waals surface area contributed by atoms with E-state index in [4.69, 9.17) is 4.55 Å². The number of nitrogens with zero attached hydrogens (tertiary/aromatic N) is 3. The Kier molecular flexibility index (Phi) is 4.67. The zero-order chi connectivity index (χ0) is 13.8. The molecule has 0 radical (unpaired) electrons. The summed E-state index contributed by atoms with van der Waals surface area (Å²) < 4.78 is 30.2. The van der Waals surface area contributed by atoms with Gasteiger partial charge in [0.2, 0.25) is 0 Å². The summed E-state index contributed by atoms with van der Waals surface area (Å²) in [6, 6.07) is 0. The molecule has 1 fully saturated rings. The second-order valence-electron chi connectivity index (χ2n) is 5.45. The fraction of sp³-hybridized carbons (Fsp3) is 0.917. The Hall–Kier alpha value is -0.820. The Morgan fingerprint density at radius 3 is 2.47 bits per heavy atom.